The first-order valence-electron chi connectivity index (χ1n) is 8.01. The molecule has 0 aliphatic heterocycles. The molecule has 0 atom stereocenters. The summed E-state index contributed by atoms with van der Waals surface area (Å²) < 4.78 is 24.3. The van der Waals surface area contributed by atoms with Crippen molar-refractivity contribution in [2.75, 3.05) is 11.9 Å². The van der Waals surface area contributed by atoms with Crippen LogP contribution in [0.3, 0.4) is 0 Å². The number of nitrogens with one attached hydrogen (secondary N) is 1. The molecule has 0 radical (unpaired) electrons. The van der Waals surface area contributed by atoms with Crippen molar-refractivity contribution in [2.45, 2.75) is 41.4 Å². The lowest BCUT2D eigenvalue weighted by molar-refractivity contribution is 0.101. The Hall–Kier alpha value is -1.83. The minimum Gasteiger partial charge on any atom is -0.384 e. The molecule has 0 aliphatic carbocycles. The average molecular weight is 379 g/mol. The fourth-order valence-electron chi connectivity index (χ4n) is 2.26. The summed E-state index contributed by atoms with van der Waals surface area (Å²) in [6.45, 7) is 4.16. The third-order valence-corrected chi connectivity index (χ3v) is 5.79. The molecule has 134 valence electrons. The van der Waals surface area contributed by atoms with E-state index in [0.29, 0.717) is 22.7 Å². The van der Waals surface area contributed by atoms with Crippen LogP contribution in [-0.2, 0) is 10.0 Å². The van der Waals surface area contributed by atoms with Crippen molar-refractivity contribution in [1.29, 1.82) is 0 Å². The van der Waals surface area contributed by atoms with Gasteiger partial charge < -0.3 is 5.32 Å². The molecule has 0 aliphatic rings. The van der Waals surface area contributed by atoms with Crippen molar-refractivity contribution >= 4 is 33.3 Å². The zero-order valence-corrected chi connectivity index (χ0v) is 15.9. The second-order valence-corrected chi connectivity index (χ2v) is 8.26. The van der Waals surface area contributed by atoms with E-state index in [9.17, 15) is 13.2 Å². The maximum atomic E-state index is 12.1. The van der Waals surface area contributed by atoms with Crippen molar-refractivity contribution in [3.05, 3.63) is 48.0 Å². The monoisotopic (exact) mass is 378 g/mol. The number of unbranched alkanes of at least 4 members (excludes halogenated alkanes) is 1. The van der Waals surface area contributed by atoms with Gasteiger partial charge in [0.15, 0.2) is 5.78 Å². The molecule has 0 fully saturated rings. The fraction of sp³-hybridized carbons (Fsp3) is 0.278. The smallest absolute Gasteiger partial charge is 0.239 e. The van der Waals surface area contributed by atoms with Crippen LogP contribution < -0.4 is 10.5 Å². The van der Waals surface area contributed by atoms with E-state index in [1.54, 1.807) is 6.07 Å². The number of hydrogen-bond donors (Lipinski definition) is 2. The summed E-state index contributed by atoms with van der Waals surface area (Å²) in [6.07, 6.45) is 1.94. The molecule has 5 nitrogen and oxygen atoms in total. The highest BCUT2D eigenvalue weighted by Gasteiger charge is 2.21. The number of rotatable bonds is 8. The molecule has 2 rings (SSSR count). The number of benzene rings is 2. The van der Waals surface area contributed by atoms with Gasteiger partial charge in [-0.25, -0.2) is 13.6 Å². The van der Waals surface area contributed by atoms with Gasteiger partial charge in [0.05, 0.1) is 15.5 Å². The van der Waals surface area contributed by atoms with E-state index < -0.39 is 10.0 Å². The Morgan fingerprint density at radius 3 is 2.44 bits per heavy atom. The third-order valence-electron chi connectivity index (χ3n) is 3.58. The normalized spacial score (nSPS) is 11.3. The summed E-state index contributed by atoms with van der Waals surface area (Å²) in [4.78, 5) is 13.2. The first kappa shape index (κ1) is 19.5. The van der Waals surface area contributed by atoms with E-state index in [1.165, 1.54) is 24.8 Å². The highest BCUT2D eigenvalue weighted by molar-refractivity contribution is 8.00. The maximum Gasteiger partial charge on any atom is 0.239 e. The molecule has 0 heterocycles. The molecule has 2 aromatic carbocycles. The van der Waals surface area contributed by atoms with Crippen LogP contribution in [0.2, 0.25) is 0 Å². The lowest BCUT2D eigenvalue weighted by Gasteiger charge is -2.16. The van der Waals surface area contributed by atoms with Crippen molar-refractivity contribution in [3.63, 3.8) is 0 Å². The second-order valence-electron chi connectivity index (χ2n) is 5.65. The Morgan fingerprint density at radius 1 is 1.20 bits per heavy atom. The SMILES string of the molecule is CCCCNc1cc(C(C)=O)cc(S(N)(=O)=O)c1Sc1ccccc1. The Bertz CT molecular complexity index is 850. The number of Topliss-reactive ketones (excluding diaryl/α,β-unsaturated/α-hetero) is 1. The largest absolute Gasteiger partial charge is 0.384 e. The van der Waals surface area contributed by atoms with Gasteiger partial charge in [-0.15, -0.1) is 0 Å². The summed E-state index contributed by atoms with van der Waals surface area (Å²) in [5.74, 6) is -0.209. The van der Waals surface area contributed by atoms with Crippen LogP contribution in [0.25, 0.3) is 0 Å². The molecular weight excluding hydrogens is 356 g/mol. The van der Waals surface area contributed by atoms with Crippen LogP contribution in [0.5, 0.6) is 0 Å². The zero-order valence-electron chi connectivity index (χ0n) is 14.3. The van der Waals surface area contributed by atoms with Crippen LogP contribution in [0, 0.1) is 0 Å². The molecule has 0 bridgehead atoms. The molecule has 7 heteroatoms. The average Bonchev–Trinajstić information content (AvgIpc) is 2.56. The summed E-state index contributed by atoms with van der Waals surface area (Å²) >= 11 is 1.31. The van der Waals surface area contributed by atoms with Gasteiger partial charge in [0.1, 0.15) is 0 Å². The Labute approximate surface area is 153 Å². The van der Waals surface area contributed by atoms with E-state index >= 15 is 0 Å². The molecule has 0 aromatic heterocycles. The van der Waals surface area contributed by atoms with Crippen molar-refractivity contribution in [1.82, 2.24) is 0 Å². The minimum absolute atomic E-state index is 0.0342. The van der Waals surface area contributed by atoms with Gasteiger partial charge in [-0.2, -0.15) is 0 Å². The number of primary sulfonamides is 1. The van der Waals surface area contributed by atoms with Gasteiger partial charge in [-0.1, -0.05) is 43.3 Å². The Kier molecular flexibility index (Phi) is 6.64. The Morgan fingerprint density at radius 2 is 1.88 bits per heavy atom. The van der Waals surface area contributed by atoms with Crippen LogP contribution in [-0.4, -0.2) is 20.7 Å². The van der Waals surface area contributed by atoms with Crippen LogP contribution in [0.15, 0.2) is 57.2 Å². The van der Waals surface area contributed by atoms with E-state index in [4.69, 9.17) is 5.14 Å². The molecule has 25 heavy (non-hydrogen) atoms. The van der Waals surface area contributed by atoms with Gasteiger partial charge in [0.2, 0.25) is 10.0 Å². The van der Waals surface area contributed by atoms with Crippen molar-refractivity contribution in [3.8, 4) is 0 Å². The fourth-order valence-corrected chi connectivity index (χ4v) is 4.32. The van der Waals surface area contributed by atoms with Crippen LogP contribution in [0.1, 0.15) is 37.0 Å². The van der Waals surface area contributed by atoms with Crippen molar-refractivity contribution < 1.29 is 13.2 Å². The van der Waals surface area contributed by atoms with E-state index in [0.717, 1.165) is 17.7 Å². The minimum atomic E-state index is -3.98. The second kappa shape index (κ2) is 8.51. The number of nitrogens with two attached hydrogens (primary N) is 1. The molecule has 2 aromatic rings. The third kappa shape index (κ3) is 5.32. The first-order chi connectivity index (χ1) is 11.8. The van der Waals surface area contributed by atoms with Gasteiger partial charge in [0, 0.05) is 17.0 Å². The Balaban J connectivity index is 2.59. The van der Waals surface area contributed by atoms with Crippen LogP contribution >= 0.6 is 11.8 Å². The molecule has 0 saturated heterocycles. The zero-order chi connectivity index (χ0) is 18.4. The maximum absolute atomic E-state index is 12.1. The molecule has 0 spiro atoms. The number of hydrogen-bond acceptors (Lipinski definition) is 5. The molecule has 3 N–H and O–H groups in total. The lowest BCUT2D eigenvalue weighted by Crippen LogP contribution is -2.16. The van der Waals surface area contributed by atoms with E-state index in [-0.39, 0.29) is 10.7 Å². The lowest BCUT2D eigenvalue weighted by atomic mass is 10.1. The number of ketones is 1. The predicted octanol–water partition coefficient (Wildman–Crippen LogP) is 3.90. The number of anilines is 1. The van der Waals surface area contributed by atoms with Gasteiger partial charge in [0.25, 0.3) is 0 Å². The quantitative estimate of drug-likeness (QED) is 0.537. The van der Waals surface area contributed by atoms with Crippen LogP contribution in [0.4, 0.5) is 5.69 Å². The van der Waals surface area contributed by atoms with Gasteiger partial charge >= 0.3 is 0 Å². The molecule has 0 saturated carbocycles. The van der Waals surface area contributed by atoms with E-state index in [1.807, 2.05) is 30.3 Å². The molecular formula is C18H22N2O3S2. The summed E-state index contributed by atoms with van der Waals surface area (Å²) in [5, 5.41) is 8.67. The molecule has 0 amide bonds. The summed E-state index contributed by atoms with van der Waals surface area (Å²) in [5.41, 5.74) is 0.930. The predicted molar refractivity (Wildman–Crippen MR) is 102 cm³/mol. The number of carbonyl (C=O) groups is 1. The molecule has 0 unspecified atom stereocenters. The van der Waals surface area contributed by atoms with Gasteiger partial charge in [-0.05, 0) is 37.6 Å². The highest BCUT2D eigenvalue weighted by Crippen LogP contribution is 2.39. The first-order valence-corrected chi connectivity index (χ1v) is 10.4. The highest BCUT2D eigenvalue weighted by atomic mass is 32.2. The topological polar surface area (TPSA) is 89.3 Å². The van der Waals surface area contributed by atoms with Crippen molar-refractivity contribution in [2.24, 2.45) is 5.14 Å². The van der Waals surface area contributed by atoms with Gasteiger partial charge in [-0.3, -0.25) is 4.79 Å². The van der Waals surface area contributed by atoms with E-state index in [2.05, 4.69) is 12.2 Å². The summed E-state index contributed by atoms with van der Waals surface area (Å²) in [7, 11) is -3.98. The number of sulfonamides is 1. The standard InChI is InChI=1S/C18H22N2O3S2/c1-3-4-10-20-16-11-14(13(2)21)12-17(25(19,22)23)18(16)24-15-8-6-5-7-9-15/h5-9,11-12,20H,3-4,10H2,1-2H3,(H2,19,22,23). The number of carbonyl (C=O) groups excluding carboxylic acids is 1. The summed E-state index contributed by atoms with van der Waals surface area (Å²) in [6, 6.07) is 12.5.